The zero-order valence-electron chi connectivity index (χ0n) is 24.0. The number of hydrogen-bond donors (Lipinski definition) is 3. The highest BCUT2D eigenvalue weighted by Crippen LogP contribution is 2.36. The number of carbonyl (C=O) groups is 3. The van der Waals surface area contributed by atoms with Crippen molar-refractivity contribution < 1.29 is 19.1 Å². The first-order chi connectivity index (χ1) is 19.2. The molecule has 0 unspecified atom stereocenters. The molecule has 1 atom stereocenters. The number of piperidine rings is 1. The van der Waals surface area contributed by atoms with Gasteiger partial charge < -0.3 is 20.7 Å². The van der Waals surface area contributed by atoms with Crippen molar-refractivity contribution in [2.75, 3.05) is 38.1 Å². The Labute approximate surface area is 236 Å². The van der Waals surface area contributed by atoms with Crippen LogP contribution in [0.15, 0.2) is 42.6 Å². The second kappa shape index (κ2) is 13.1. The number of rotatable bonds is 5. The van der Waals surface area contributed by atoms with Gasteiger partial charge in [-0.25, -0.2) is 0 Å². The first-order valence-corrected chi connectivity index (χ1v) is 14.2. The van der Waals surface area contributed by atoms with Crippen LogP contribution in [0.4, 0.5) is 5.69 Å². The molecule has 4 rings (SSSR count). The summed E-state index contributed by atoms with van der Waals surface area (Å²) in [7, 11) is 0. The minimum Gasteiger partial charge on any atom is -0.491 e. The maximum Gasteiger partial charge on any atom is 0.255 e. The first kappa shape index (κ1) is 29.3. The minimum atomic E-state index is -0.596. The lowest BCUT2D eigenvalue weighted by Crippen LogP contribution is -2.54. The average molecular weight is 551 g/mol. The van der Waals surface area contributed by atoms with E-state index in [9.17, 15) is 14.4 Å². The molecule has 1 saturated heterocycles. The van der Waals surface area contributed by atoms with Crippen LogP contribution in [-0.2, 0) is 16.1 Å². The van der Waals surface area contributed by atoms with Crippen molar-refractivity contribution >= 4 is 23.4 Å². The molecule has 1 aromatic carbocycles. The fourth-order valence-electron chi connectivity index (χ4n) is 5.18. The van der Waals surface area contributed by atoms with Crippen molar-refractivity contribution in [3.63, 3.8) is 0 Å². The highest BCUT2D eigenvalue weighted by Gasteiger charge is 2.41. The Balaban J connectivity index is 1.44. The van der Waals surface area contributed by atoms with Crippen molar-refractivity contribution in [1.82, 2.24) is 25.3 Å². The van der Waals surface area contributed by atoms with E-state index in [0.717, 1.165) is 17.9 Å². The molecule has 10 heteroatoms. The molecule has 3 heterocycles. The molecule has 40 heavy (non-hydrogen) atoms. The highest BCUT2D eigenvalue weighted by atomic mass is 16.5. The maximum atomic E-state index is 13.8. The zero-order valence-corrected chi connectivity index (χ0v) is 24.0. The van der Waals surface area contributed by atoms with Crippen molar-refractivity contribution in [2.24, 2.45) is 11.3 Å². The van der Waals surface area contributed by atoms with Gasteiger partial charge in [0, 0.05) is 19.3 Å². The van der Waals surface area contributed by atoms with E-state index in [-0.39, 0.29) is 42.8 Å². The maximum absolute atomic E-state index is 13.8. The van der Waals surface area contributed by atoms with E-state index < -0.39 is 5.41 Å². The largest absolute Gasteiger partial charge is 0.491 e. The molecule has 2 aliphatic rings. The lowest BCUT2D eigenvalue weighted by molar-refractivity contribution is -0.135. The number of likely N-dealkylation sites (tertiary alicyclic amines) is 1. The van der Waals surface area contributed by atoms with Crippen LogP contribution >= 0.6 is 0 Å². The first-order valence-electron chi connectivity index (χ1n) is 14.2. The van der Waals surface area contributed by atoms with Crippen LogP contribution in [0.25, 0.3) is 0 Å². The zero-order chi connectivity index (χ0) is 28.7. The standard InChI is InChI=1S/C30H42N6O4/c1-5-36-18-24(22(4)34-36)32-27(37)19-35-16-13-30(14-17-35)12-8-9-15-31-28(38)23-10-6-7-11-26(23)40-20-25(21(2)3)33-29(30)39/h6-11,18,21,25H,5,12-17,19-20H2,1-4H3,(H,31,38)(H,32,37)(H,33,39)/b9-8+/t25-/m0/s1. The summed E-state index contributed by atoms with van der Waals surface area (Å²) in [4.78, 5) is 41.5. The molecule has 0 radical (unpaired) electrons. The molecule has 1 fully saturated rings. The Morgan fingerprint density at radius 2 is 1.95 bits per heavy atom. The van der Waals surface area contributed by atoms with Gasteiger partial charge in [0.15, 0.2) is 0 Å². The molecule has 0 bridgehead atoms. The topological polar surface area (TPSA) is 118 Å². The summed E-state index contributed by atoms with van der Waals surface area (Å²) in [6, 6.07) is 6.94. The molecule has 3 amide bonds. The van der Waals surface area contributed by atoms with Gasteiger partial charge in [0.25, 0.3) is 5.91 Å². The van der Waals surface area contributed by atoms with Gasteiger partial charge in [-0.2, -0.15) is 5.10 Å². The van der Waals surface area contributed by atoms with Gasteiger partial charge in [0.2, 0.25) is 11.8 Å². The van der Waals surface area contributed by atoms with E-state index in [4.69, 9.17) is 4.74 Å². The van der Waals surface area contributed by atoms with E-state index >= 15 is 0 Å². The van der Waals surface area contributed by atoms with Gasteiger partial charge in [0.1, 0.15) is 12.4 Å². The van der Waals surface area contributed by atoms with Crippen LogP contribution in [0.3, 0.4) is 0 Å². The molecule has 0 aliphatic carbocycles. The number of hydrogen-bond acceptors (Lipinski definition) is 6. The number of nitrogens with zero attached hydrogens (tertiary/aromatic N) is 3. The number of fused-ring (bicyclic) bond motifs is 1. The van der Waals surface area contributed by atoms with Crippen LogP contribution in [-0.4, -0.2) is 71.2 Å². The van der Waals surface area contributed by atoms with E-state index in [2.05, 4.69) is 39.8 Å². The van der Waals surface area contributed by atoms with Crippen LogP contribution in [0.1, 0.15) is 56.1 Å². The third-order valence-corrected chi connectivity index (χ3v) is 7.93. The van der Waals surface area contributed by atoms with Gasteiger partial charge in [-0.15, -0.1) is 0 Å². The number of anilines is 1. The predicted octanol–water partition coefficient (Wildman–Crippen LogP) is 3.14. The molecule has 0 saturated carbocycles. The molecular formula is C30H42N6O4. The number of aromatic nitrogens is 2. The Morgan fingerprint density at radius 3 is 2.65 bits per heavy atom. The number of aryl methyl sites for hydroxylation is 2. The Bertz CT molecular complexity index is 1230. The number of ether oxygens (including phenoxy) is 1. The summed E-state index contributed by atoms with van der Waals surface area (Å²) in [6.45, 7) is 10.9. The molecule has 3 N–H and O–H groups in total. The summed E-state index contributed by atoms with van der Waals surface area (Å²) in [6.07, 6.45) is 7.57. The fraction of sp³-hybridized carbons (Fsp3) is 0.533. The van der Waals surface area contributed by atoms with Crippen LogP contribution in [0, 0.1) is 18.3 Å². The number of carbonyl (C=O) groups excluding carboxylic acids is 3. The SMILES string of the molecule is CCn1cc(NC(=O)CN2CCC3(C/C=C/CNC(=O)c4ccccc4OC[C@@H](C(C)C)NC3=O)CC2)c(C)n1. The molecule has 1 spiro atoms. The Hall–Kier alpha value is -3.66. The molecule has 216 valence electrons. The number of nitrogens with one attached hydrogen (secondary N) is 3. The molecule has 2 aromatic rings. The van der Waals surface area contributed by atoms with Gasteiger partial charge in [-0.3, -0.25) is 24.0 Å². The number of benzene rings is 1. The molecule has 2 aliphatic heterocycles. The molecular weight excluding hydrogens is 508 g/mol. The molecule has 1 aromatic heterocycles. The van der Waals surface area contributed by atoms with Crippen LogP contribution < -0.4 is 20.7 Å². The summed E-state index contributed by atoms with van der Waals surface area (Å²) in [5, 5.41) is 13.6. The van der Waals surface area contributed by atoms with Gasteiger partial charge >= 0.3 is 0 Å². The van der Waals surface area contributed by atoms with Crippen molar-refractivity contribution in [3.05, 3.63) is 53.9 Å². The van der Waals surface area contributed by atoms with E-state index in [0.29, 0.717) is 50.2 Å². The second-order valence-electron chi connectivity index (χ2n) is 11.1. The fourth-order valence-corrected chi connectivity index (χ4v) is 5.18. The number of amides is 3. The quantitative estimate of drug-likeness (QED) is 0.493. The lowest BCUT2D eigenvalue weighted by atomic mass is 9.74. The average Bonchev–Trinajstić information content (AvgIpc) is 3.29. The summed E-state index contributed by atoms with van der Waals surface area (Å²) in [5.41, 5.74) is 1.40. The van der Waals surface area contributed by atoms with Crippen LogP contribution in [0.2, 0.25) is 0 Å². The smallest absolute Gasteiger partial charge is 0.255 e. The van der Waals surface area contributed by atoms with Gasteiger partial charge in [-0.05, 0) is 64.3 Å². The van der Waals surface area contributed by atoms with Gasteiger partial charge in [-0.1, -0.05) is 38.1 Å². The van der Waals surface area contributed by atoms with Crippen molar-refractivity contribution in [3.8, 4) is 5.75 Å². The minimum absolute atomic E-state index is 0.0144. The summed E-state index contributed by atoms with van der Waals surface area (Å²) in [5.74, 6) is 0.369. The Morgan fingerprint density at radius 1 is 1.20 bits per heavy atom. The normalized spacial score (nSPS) is 21.1. The van der Waals surface area contributed by atoms with E-state index in [1.807, 2.05) is 44.3 Å². The molecule has 10 nitrogen and oxygen atoms in total. The summed E-state index contributed by atoms with van der Waals surface area (Å²) >= 11 is 0. The van der Waals surface area contributed by atoms with Gasteiger partial charge in [0.05, 0.1) is 34.9 Å². The Kier molecular flexibility index (Phi) is 9.63. The third kappa shape index (κ3) is 7.10. The van der Waals surface area contributed by atoms with Crippen molar-refractivity contribution in [2.45, 2.75) is 59.5 Å². The van der Waals surface area contributed by atoms with E-state index in [1.165, 1.54) is 0 Å². The highest BCUT2D eigenvalue weighted by molar-refractivity contribution is 5.97. The second-order valence-corrected chi connectivity index (χ2v) is 11.1. The number of para-hydroxylation sites is 1. The van der Waals surface area contributed by atoms with Crippen molar-refractivity contribution in [1.29, 1.82) is 0 Å². The summed E-state index contributed by atoms with van der Waals surface area (Å²) < 4.78 is 7.88. The predicted molar refractivity (Wildman–Crippen MR) is 154 cm³/mol. The van der Waals surface area contributed by atoms with Crippen LogP contribution in [0.5, 0.6) is 5.75 Å². The monoisotopic (exact) mass is 550 g/mol. The van der Waals surface area contributed by atoms with E-state index in [1.54, 1.807) is 16.8 Å². The lowest BCUT2D eigenvalue weighted by Gasteiger charge is -2.41. The third-order valence-electron chi connectivity index (χ3n) is 7.93. The number of allylic oxidation sites excluding steroid dienone is 1.